The van der Waals surface area contributed by atoms with Crippen molar-refractivity contribution in [1.29, 1.82) is 0 Å². The Bertz CT molecular complexity index is 958. The van der Waals surface area contributed by atoms with Crippen LogP contribution in [0.5, 0.6) is 0 Å². The van der Waals surface area contributed by atoms with Gasteiger partial charge in [0, 0.05) is 18.7 Å². The minimum atomic E-state index is -0.846. The molecule has 1 aliphatic rings. The predicted octanol–water partition coefficient (Wildman–Crippen LogP) is 3.83. The number of nitro groups is 1. The quantitative estimate of drug-likeness (QED) is 0.309. The molecular formula is C22H24FN3O5. The lowest BCUT2D eigenvalue weighted by Gasteiger charge is -2.34. The van der Waals surface area contributed by atoms with E-state index in [4.69, 9.17) is 10.5 Å². The van der Waals surface area contributed by atoms with Crippen molar-refractivity contribution in [1.82, 2.24) is 4.90 Å². The SMILES string of the molecule is Nc1ccc(C(=O)OCC(=O)N(Cc2ccc(F)cc2)C2CCCCC2)cc1[N+](=O)[O-]. The summed E-state index contributed by atoms with van der Waals surface area (Å²) in [6, 6.07) is 9.53. The number of hydrogen-bond donors (Lipinski definition) is 1. The van der Waals surface area contributed by atoms with E-state index in [0.29, 0.717) is 0 Å². The van der Waals surface area contributed by atoms with Crippen LogP contribution in [0.1, 0.15) is 48.0 Å². The molecule has 0 bridgehead atoms. The number of benzene rings is 2. The summed E-state index contributed by atoms with van der Waals surface area (Å²) >= 11 is 0. The summed E-state index contributed by atoms with van der Waals surface area (Å²) < 4.78 is 18.4. The van der Waals surface area contributed by atoms with Crippen LogP contribution < -0.4 is 5.73 Å². The van der Waals surface area contributed by atoms with Gasteiger partial charge in [-0.05, 0) is 42.7 Å². The first-order valence-electron chi connectivity index (χ1n) is 10.1. The number of rotatable bonds is 7. The molecule has 8 nitrogen and oxygen atoms in total. The first-order chi connectivity index (χ1) is 14.8. The number of carbonyl (C=O) groups excluding carboxylic acids is 2. The lowest BCUT2D eigenvalue weighted by Crippen LogP contribution is -2.43. The minimum absolute atomic E-state index is 0.0163. The van der Waals surface area contributed by atoms with Crippen molar-refractivity contribution in [3.63, 3.8) is 0 Å². The molecule has 2 N–H and O–H groups in total. The third-order valence-corrected chi connectivity index (χ3v) is 5.39. The summed E-state index contributed by atoms with van der Waals surface area (Å²) in [5.74, 6) is -1.57. The highest BCUT2D eigenvalue weighted by molar-refractivity contribution is 5.92. The highest BCUT2D eigenvalue weighted by atomic mass is 19.1. The molecule has 1 amide bonds. The van der Waals surface area contributed by atoms with E-state index >= 15 is 0 Å². The molecule has 0 saturated heterocycles. The van der Waals surface area contributed by atoms with E-state index in [1.54, 1.807) is 17.0 Å². The monoisotopic (exact) mass is 429 g/mol. The molecule has 3 rings (SSSR count). The summed E-state index contributed by atoms with van der Waals surface area (Å²) in [7, 11) is 0. The zero-order chi connectivity index (χ0) is 22.4. The minimum Gasteiger partial charge on any atom is -0.452 e. The lowest BCUT2D eigenvalue weighted by molar-refractivity contribution is -0.383. The van der Waals surface area contributed by atoms with Crippen LogP contribution >= 0.6 is 0 Å². The topological polar surface area (TPSA) is 116 Å². The fraction of sp³-hybridized carbons (Fsp3) is 0.364. The largest absolute Gasteiger partial charge is 0.452 e. The number of anilines is 1. The first-order valence-corrected chi connectivity index (χ1v) is 10.1. The Labute approximate surface area is 178 Å². The average Bonchev–Trinajstić information content (AvgIpc) is 2.77. The Morgan fingerprint density at radius 2 is 1.81 bits per heavy atom. The zero-order valence-corrected chi connectivity index (χ0v) is 17.0. The van der Waals surface area contributed by atoms with Crippen molar-refractivity contribution in [3.05, 3.63) is 69.5 Å². The summed E-state index contributed by atoms with van der Waals surface area (Å²) in [6.07, 6.45) is 4.83. The molecule has 31 heavy (non-hydrogen) atoms. The van der Waals surface area contributed by atoms with Crippen molar-refractivity contribution >= 4 is 23.3 Å². The number of ether oxygens (including phenoxy) is 1. The van der Waals surface area contributed by atoms with Crippen molar-refractivity contribution < 1.29 is 23.6 Å². The number of halogens is 1. The van der Waals surface area contributed by atoms with Gasteiger partial charge in [0.15, 0.2) is 6.61 Å². The van der Waals surface area contributed by atoms with Gasteiger partial charge in [-0.3, -0.25) is 14.9 Å². The number of nitrogens with two attached hydrogens (primary N) is 1. The molecule has 1 saturated carbocycles. The van der Waals surface area contributed by atoms with Gasteiger partial charge in [-0.25, -0.2) is 9.18 Å². The molecule has 0 unspecified atom stereocenters. The summed E-state index contributed by atoms with van der Waals surface area (Å²) in [6.45, 7) is -0.205. The van der Waals surface area contributed by atoms with Gasteiger partial charge in [0.1, 0.15) is 11.5 Å². The summed E-state index contributed by atoms with van der Waals surface area (Å²) in [4.78, 5) is 37.2. The van der Waals surface area contributed by atoms with Gasteiger partial charge in [0.05, 0.1) is 10.5 Å². The third kappa shape index (κ3) is 5.78. The first kappa shape index (κ1) is 22.2. The second kappa shape index (κ2) is 10.0. The summed E-state index contributed by atoms with van der Waals surface area (Å²) in [5.41, 5.74) is 5.79. The molecular weight excluding hydrogens is 405 g/mol. The van der Waals surface area contributed by atoms with E-state index in [1.807, 2.05) is 0 Å². The number of nitrogens with zero attached hydrogens (tertiary/aromatic N) is 2. The van der Waals surface area contributed by atoms with E-state index in [-0.39, 0.29) is 35.6 Å². The molecule has 2 aromatic carbocycles. The maximum Gasteiger partial charge on any atom is 0.338 e. The van der Waals surface area contributed by atoms with Gasteiger partial charge in [0.25, 0.3) is 11.6 Å². The molecule has 164 valence electrons. The van der Waals surface area contributed by atoms with Gasteiger partial charge in [-0.2, -0.15) is 0 Å². The lowest BCUT2D eigenvalue weighted by atomic mass is 9.93. The number of carbonyl (C=O) groups is 2. The molecule has 0 aliphatic heterocycles. The zero-order valence-electron chi connectivity index (χ0n) is 17.0. The Hall–Kier alpha value is -3.49. The van der Waals surface area contributed by atoms with Crippen molar-refractivity contribution in [3.8, 4) is 0 Å². The van der Waals surface area contributed by atoms with Gasteiger partial charge < -0.3 is 15.4 Å². The van der Waals surface area contributed by atoms with Crippen LogP contribution in [0.25, 0.3) is 0 Å². The van der Waals surface area contributed by atoms with Crippen molar-refractivity contribution in [2.75, 3.05) is 12.3 Å². The Kier molecular flexibility index (Phi) is 7.17. The molecule has 1 fully saturated rings. The predicted molar refractivity (Wildman–Crippen MR) is 112 cm³/mol. The normalized spacial score (nSPS) is 14.1. The maximum atomic E-state index is 13.2. The molecule has 1 aliphatic carbocycles. The average molecular weight is 429 g/mol. The number of nitro benzene ring substituents is 1. The number of amides is 1. The second-order valence-corrected chi connectivity index (χ2v) is 7.55. The molecule has 0 spiro atoms. The summed E-state index contributed by atoms with van der Waals surface area (Å²) in [5, 5.41) is 11.0. The van der Waals surface area contributed by atoms with E-state index in [1.165, 1.54) is 24.3 Å². The number of nitrogen functional groups attached to an aromatic ring is 1. The third-order valence-electron chi connectivity index (χ3n) is 5.39. The molecule has 0 radical (unpaired) electrons. The maximum absolute atomic E-state index is 13.2. The molecule has 0 aromatic heterocycles. The Balaban J connectivity index is 1.69. The van der Waals surface area contributed by atoms with Gasteiger partial charge in [-0.1, -0.05) is 31.4 Å². The molecule has 9 heteroatoms. The highest BCUT2D eigenvalue weighted by Gasteiger charge is 2.27. The van der Waals surface area contributed by atoms with Crippen LogP contribution in [0.2, 0.25) is 0 Å². The fourth-order valence-electron chi connectivity index (χ4n) is 3.72. The second-order valence-electron chi connectivity index (χ2n) is 7.55. The van der Waals surface area contributed by atoms with Crippen LogP contribution in [0.4, 0.5) is 15.8 Å². The van der Waals surface area contributed by atoms with E-state index in [9.17, 15) is 24.1 Å². The molecule has 2 aromatic rings. The fourth-order valence-corrected chi connectivity index (χ4v) is 3.72. The smallest absolute Gasteiger partial charge is 0.338 e. The van der Waals surface area contributed by atoms with Crippen LogP contribution in [0.15, 0.2) is 42.5 Å². The molecule has 0 heterocycles. The highest BCUT2D eigenvalue weighted by Crippen LogP contribution is 2.25. The number of esters is 1. The Morgan fingerprint density at radius 3 is 2.45 bits per heavy atom. The van der Waals surface area contributed by atoms with Gasteiger partial charge in [0.2, 0.25) is 0 Å². The van der Waals surface area contributed by atoms with Crippen molar-refractivity contribution in [2.24, 2.45) is 0 Å². The van der Waals surface area contributed by atoms with E-state index in [0.717, 1.165) is 43.7 Å². The van der Waals surface area contributed by atoms with Gasteiger partial charge in [-0.15, -0.1) is 0 Å². The van der Waals surface area contributed by atoms with Crippen molar-refractivity contribution in [2.45, 2.75) is 44.7 Å². The van der Waals surface area contributed by atoms with Crippen LogP contribution in [-0.2, 0) is 16.1 Å². The van der Waals surface area contributed by atoms with Crippen LogP contribution in [0, 0.1) is 15.9 Å². The van der Waals surface area contributed by atoms with Crippen LogP contribution in [-0.4, -0.2) is 34.3 Å². The molecule has 0 atom stereocenters. The van der Waals surface area contributed by atoms with Crippen LogP contribution in [0.3, 0.4) is 0 Å². The van der Waals surface area contributed by atoms with E-state index in [2.05, 4.69) is 0 Å². The van der Waals surface area contributed by atoms with Gasteiger partial charge >= 0.3 is 5.97 Å². The Morgan fingerprint density at radius 1 is 1.13 bits per heavy atom. The number of hydrogen-bond acceptors (Lipinski definition) is 6. The van der Waals surface area contributed by atoms with E-state index < -0.39 is 23.2 Å². The standard InChI is InChI=1S/C22H24FN3O5/c23-17-9-6-15(7-10-17)13-25(18-4-2-1-3-5-18)21(27)14-31-22(28)16-8-11-19(24)20(12-16)26(29)30/h6-12,18H,1-5,13-14,24H2.